The molecular weight excluding hydrogens is 346 g/mol. The molecule has 0 spiro atoms. The summed E-state index contributed by atoms with van der Waals surface area (Å²) < 4.78 is 16.0. The van der Waals surface area contributed by atoms with Crippen molar-refractivity contribution in [1.29, 1.82) is 0 Å². The number of ether oxygens (including phenoxy) is 2. The molecule has 1 heterocycles. The molecule has 0 amide bonds. The number of carbonyl (C=O) groups is 2. The van der Waals surface area contributed by atoms with Gasteiger partial charge < -0.3 is 14.0 Å². The van der Waals surface area contributed by atoms with Crippen molar-refractivity contribution in [3.63, 3.8) is 0 Å². The monoisotopic (exact) mass is 365 g/mol. The smallest absolute Gasteiger partial charge is 0.342 e. The topological polar surface area (TPSA) is 78.6 Å². The van der Waals surface area contributed by atoms with Crippen molar-refractivity contribution in [2.24, 2.45) is 0 Å². The third-order valence-electron chi connectivity index (χ3n) is 4.09. The molecule has 6 heteroatoms. The molecule has 27 heavy (non-hydrogen) atoms. The largest absolute Gasteiger partial charge is 0.488 e. The van der Waals surface area contributed by atoms with E-state index < -0.39 is 5.97 Å². The van der Waals surface area contributed by atoms with Crippen molar-refractivity contribution >= 4 is 11.8 Å². The third-order valence-corrected chi connectivity index (χ3v) is 4.09. The van der Waals surface area contributed by atoms with Crippen LogP contribution in [0.1, 0.15) is 37.7 Å². The van der Waals surface area contributed by atoms with Gasteiger partial charge in [-0.25, -0.2) is 4.79 Å². The zero-order valence-corrected chi connectivity index (χ0v) is 15.1. The molecule has 1 aromatic heterocycles. The third kappa shape index (κ3) is 4.41. The van der Waals surface area contributed by atoms with E-state index >= 15 is 0 Å². The maximum atomic E-state index is 12.4. The second-order valence-corrected chi connectivity index (χ2v) is 5.95. The van der Waals surface area contributed by atoms with E-state index in [0.29, 0.717) is 17.1 Å². The van der Waals surface area contributed by atoms with Crippen LogP contribution >= 0.6 is 0 Å². The number of para-hydroxylation sites is 1. The van der Waals surface area contributed by atoms with Crippen LogP contribution in [-0.4, -0.2) is 23.5 Å². The van der Waals surface area contributed by atoms with Gasteiger partial charge in [0.05, 0.1) is 11.3 Å². The summed E-state index contributed by atoms with van der Waals surface area (Å²) in [7, 11) is 0. The molecule has 0 aliphatic carbocycles. The predicted molar refractivity (Wildman–Crippen MR) is 97.8 cm³/mol. The van der Waals surface area contributed by atoms with Crippen LogP contribution in [0.25, 0.3) is 0 Å². The highest BCUT2D eigenvalue weighted by Gasteiger charge is 2.17. The Morgan fingerprint density at radius 2 is 1.70 bits per heavy atom. The van der Waals surface area contributed by atoms with Crippen molar-refractivity contribution in [3.05, 3.63) is 82.7 Å². The predicted octanol–water partition coefficient (Wildman–Crippen LogP) is 3.91. The van der Waals surface area contributed by atoms with E-state index in [0.717, 1.165) is 11.3 Å². The summed E-state index contributed by atoms with van der Waals surface area (Å²) in [6, 6.07) is 15.4. The minimum absolute atomic E-state index is 0.217. The van der Waals surface area contributed by atoms with Crippen molar-refractivity contribution < 1.29 is 23.6 Å². The summed E-state index contributed by atoms with van der Waals surface area (Å²) in [5, 5.41) is 3.88. The molecule has 0 aliphatic heterocycles. The van der Waals surface area contributed by atoms with Crippen LogP contribution in [0, 0.1) is 13.8 Å². The van der Waals surface area contributed by atoms with E-state index in [2.05, 4.69) is 5.16 Å². The Morgan fingerprint density at radius 3 is 2.41 bits per heavy atom. The normalized spacial score (nSPS) is 10.4. The Labute approximate surface area is 156 Å². The molecule has 0 unspecified atom stereocenters. The number of Topliss-reactive ketones (excluding diaryl/α,β-unsaturated/α-hetero) is 1. The molecular formula is C21H19NO5. The van der Waals surface area contributed by atoms with Crippen molar-refractivity contribution in [2.45, 2.75) is 20.5 Å². The molecule has 0 bridgehead atoms. The molecule has 2 aromatic carbocycles. The van der Waals surface area contributed by atoms with Gasteiger partial charge in [0.1, 0.15) is 23.7 Å². The van der Waals surface area contributed by atoms with E-state index in [1.165, 1.54) is 0 Å². The SMILES string of the molecule is Cc1noc(C)c1COc1ccccc1C(=O)OCC(=O)c1ccccc1. The Hall–Kier alpha value is -3.41. The number of nitrogens with zero attached hydrogens (tertiary/aromatic N) is 1. The van der Waals surface area contributed by atoms with Gasteiger partial charge in [0.25, 0.3) is 0 Å². The molecule has 0 radical (unpaired) electrons. The summed E-state index contributed by atoms with van der Waals surface area (Å²) in [6.45, 7) is 3.51. The first-order valence-electron chi connectivity index (χ1n) is 8.45. The molecule has 3 rings (SSSR count). The quantitative estimate of drug-likeness (QED) is 0.467. The Morgan fingerprint density at radius 1 is 1.00 bits per heavy atom. The maximum absolute atomic E-state index is 12.4. The fourth-order valence-corrected chi connectivity index (χ4v) is 2.54. The first kappa shape index (κ1) is 18.4. The van der Waals surface area contributed by atoms with Crippen LogP contribution in [0.3, 0.4) is 0 Å². The van der Waals surface area contributed by atoms with E-state index in [1.54, 1.807) is 55.5 Å². The molecule has 0 aliphatic rings. The summed E-state index contributed by atoms with van der Waals surface area (Å²) in [5.41, 5.74) is 2.32. The number of aryl methyl sites for hydroxylation is 2. The van der Waals surface area contributed by atoms with E-state index in [1.807, 2.05) is 13.0 Å². The number of benzene rings is 2. The fraction of sp³-hybridized carbons (Fsp3) is 0.190. The molecule has 0 fully saturated rings. The number of carbonyl (C=O) groups excluding carboxylic acids is 2. The Bertz CT molecular complexity index is 927. The Balaban J connectivity index is 1.66. The highest BCUT2D eigenvalue weighted by atomic mass is 16.5. The van der Waals surface area contributed by atoms with Crippen molar-refractivity contribution in [3.8, 4) is 5.75 Å². The highest BCUT2D eigenvalue weighted by Crippen LogP contribution is 2.22. The minimum atomic E-state index is -0.617. The summed E-state index contributed by atoms with van der Waals surface area (Å²) in [4.78, 5) is 24.5. The lowest BCUT2D eigenvalue weighted by atomic mass is 10.1. The van der Waals surface area contributed by atoms with Gasteiger partial charge in [0.2, 0.25) is 0 Å². The Kier molecular flexibility index (Phi) is 5.66. The van der Waals surface area contributed by atoms with Gasteiger partial charge in [-0.1, -0.05) is 47.6 Å². The van der Waals surface area contributed by atoms with Crippen LogP contribution in [-0.2, 0) is 11.3 Å². The van der Waals surface area contributed by atoms with Crippen LogP contribution < -0.4 is 4.74 Å². The summed E-state index contributed by atoms with van der Waals surface area (Å²) >= 11 is 0. The summed E-state index contributed by atoms with van der Waals surface area (Å²) in [5.74, 6) is 0.155. The highest BCUT2D eigenvalue weighted by molar-refractivity contribution is 5.99. The van der Waals surface area contributed by atoms with Gasteiger partial charge >= 0.3 is 5.97 Å². The minimum Gasteiger partial charge on any atom is -0.488 e. The first-order valence-corrected chi connectivity index (χ1v) is 8.45. The van der Waals surface area contributed by atoms with E-state index in [4.69, 9.17) is 14.0 Å². The summed E-state index contributed by atoms with van der Waals surface area (Å²) in [6.07, 6.45) is 0. The molecule has 0 N–H and O–H groups in total. The van der Waals surface area contributed by atoms with Gasteiger partial charge in [0, 0.05) is 5.56 Å². The van der Waals surface area contributed by atoms with Gasteiger partial charge in [-0.05, 0) is 26.0 Å². The average Bonchev–Trinajstić information content (AvgIpc) is 3.02. The molecule has 0 atom stereocenters. The lowest BCUT2D eigenvalue weighted by Gasteiger charge is -2.11. The molecule has 3 aromatic rings. The van der Waals surface area contributed by atoms with Gasteiger partial charge in [-0.15, -0.1) is 0 Å². The second kappa shape index (κ2) is 8.31. The lowest BCUT2D eigenvalue weighted by Crippen LogP contribution is -2.15. The first-order chi connectivity index (χ1) is 13.1. The zero-order valence-electron chi connectivity index (χ0n) is 15.1. The molecule has 0 saturated carbocycles. The van der Waals surface area contributed by atoms with Crippen LogP contribution in [0.5, 0.6) is 5.75 Å². The van der Waals surface area contributed by atoms with Crippen LogP contribution in [0.15, 0.2) is 59.1 Å². The van der Waals surface area contributed by atoms with Crippen LogP contribution in [0.2, 0.25) is 0 Å². The number of aromatic nitrogens is 1. The molecule has 6 nitrogen and oxygen atoms in total. The fourth-order valence-electron chi connectivity index (χ4n) is 2.54. The number of ketones is 1. The second-order valence-electron chi connectivity index (χ2n) is 5.95. The molecule has 138 valence electrons. The number of rotatable bonds is 7. The van der Waals surface area contributed by atoms with Crippen molar-refractivity contribution in [1.82, 2.24) is 5.16 Å². The number of hydrogen-bond acceptors (Lipinski definition) is 6. The van der Waals surface area contributed by atoms with Crippen molar-refractivity contribution in [2.75, 3.05) is 6.61 Å². The lowest BCUT2D eigenvalue weighted by molar-refractivity contribution is 0.0470. The van der Waals surface area contributed by atoms with Gasteiger partial charge in [-0.2, -0.15) is 0 Å². The maximum Gasteiger partial charge on any atom is 0.342 e. The van der Waals surface area contributed by atoms with Gasteiger partial charge in [0.15, 0.2) is 12.4 Å². The zero-order chi connectivity index (χ0) is 19.2. The number of hydrogen-bond donors (Lipinski definition) is 0. The number of esters is 1. The molecule has 0 saturated heterocycles. The van der Waals surface area contributed by atoms with E-state index in [9.17, 15) is 9.59 Å². The van der Waals surface area contributed by atoms with Gasteiger partial charge in [-0.3, -0.25) is 4.79 Å². The standard InChI is InChI=1S/C21H19NO5/c1-14-18(15(2)27-22-14)12-25-20-11-7-6-10-17(20)21(24)26-13-19(23)16-8-4-3-5-9-16/h3-11H,12-13H2,1-2H3. The van der Waals surface area contributed by atoms with E-state index in [-0.39, 0.29) is 24.6 Å². The van der Waals surface area contributed by atoms with Crippen LogP contribution in [0.4, 0.5) is 0 Å². The average molecular weight is 365 g/mol.